The van der Waals surface area contributed by atoms with Crippen molar-refractivity contribution >= 4 is 17.5 Å². The topological polar surface area (TPSA) is 70.7 Å². The molecule has 6 heteroatoms. The highest BCUT2D eigenvalue weighted by atomic mass is 16.5. The lowest BCUT2D eigenvalue weighted by Crippen LogP contribution is -2.34. The van der Waals surface area contributed by atoms with Gasteiger partial charge in [-0.3, -0.25) is 14.5 Å². The number of rotatable bonds is 4. The molecule has 1 aliphatic heterocycles. The molecule has 6 nitrogen and oxygen atoms in total. The van der Waals surface area contributed by atoms with E-state index in [-0.39, 0.29) is 11.8 Å². The Morgan fingerprint density at radius 1 is 1.24 bits per heavy atom. The van der Waals surface area contributed by atoms with Crippen LogP contribution < -0.4 is 15.4 Å². The van der Waals surface area contributed by atoms with Gasteiger partial charge in [-0.15, -0.1) is 0 Å². The highest BCUT2D eigenvalue weighted by molar-refractivity contribution is 6.05. The Morgan fingerprint density at radius 2 is 1.96 bits per heavy atom. The number of anilines is 1. The Labute approximate surface area is 146 Å². The Bertz CT molecular complexity index is 843. The van der Waals surface area contributed by atoms with Crippen LogP contribution >= 0.6 is 0 Å². The second-order valence-corrected chi connectivity index (χ2v) is 5.73. The van der Waals surface area contributed by atoms with Crippen LogP contribution in [-0.2, 0) is 6.54 Å². The number of carbonyl (C=O) groups is 2. The van der Waals surface area contributed by atoms with Gasteiger partial charge in [0.2, 0.25) is 0 Å². The summed E-state index contributed by atoms with van der Waals surface area (Å²) >= 11 is 0. The summed E-state index contributed by atoms with van der Waals surface area (Å²) in [6.07, 6.45) is 0. The van der Waals surface area contributed by atoms with Crippen molar-refractivity contribution in [3.8, 4) is 5.75 Å². The van der Waals surface area contributed by atoms with E-state index in [2.05, 4.69) is 17.2 Å². The van der Waals surface area contributed by atoms with Gasteiger partial charge < -0.3 is 15.4 Å². The second kappa shape index (κ2) is 6.68. The minimum Gasteiger partial charge on any atom is -0.497 e. The lowest BCUT2D eigenvalue weighted by molar-refractivity contribution is 0.0831. The molecule has 1 heterocycles. The molecule has 1 aliphatic rings. The van der Waals surface area contributed by atoms with Crippen molar-refractivity contribution in [1.29, 1.82) is 0 Å². The molecule has 2 amide bonds. The molecule has 3 rings (SSSR count). The molecule has 0 saturated heterocycles. The lowest BCUT2D eigenvalue weighted by atomic mass is 10.1. The maximum atomic E-state index is 12.4. The molecule has 2 aromatic carbocycles. The second-order valence-electron chi connectivity index (χ2n) is 5.73. The third kappa shape index (κ3) is 3.33. The first kappa shape index (κ1) is 16.6. The number of ether oxygens (including phenoxy) is 1. The number of benzene rings is 2. The van der Waals surface area contributed by atoms with Crippen LogP contribution in [0.5, 0.6) is 5.75 Å². The van der Waals surface area contributed by atoms with Crippen molar-refractivity contribution in [1.82, 2.24) is 10.2 Å². The summed E-state index contributed by atoms with van der Waals surface area (Å²) < 4.78 is 5.11. The van der Waals surface area contributed by atoms with Crippen LogP contribution in [0.15, 0.2) is 54.9 Å². The maximum absolute atomic E-state index is 12.4. The van der Waals surface area contributed by atoms with Crippen LogP contribution in [0.2, 0.25) is 0 Å². The van der Waals surface area contributed by atoms with E-state index in [1.54, 1.807) is 32.4 Å². The maximum Gasteiger partial charge on any atom is 0.261 e. The standard InChI is InChI=1S/C19H19N3O3/c1-12-21-17-10-14(6-9-16(17)19(24)22(12)2)18(23)20-11-13-4-7-15(25-3)8-5-13/h4-10,21H,1,11H2,2-3H3,(H,20,23). The van der Waals surface area contributed by atoms with Gasteiger partial charge in [-0.05, 0) is 35.9 Å². The number of carbonyl (C=O) groups excluding carboxylic acids is 2. The first-order valence-corrected chi connectivity index (χ1v) is 7.79. The molecule has 0 aromatic heterocycles. The van der Waals surface area contributed by atoms with E-state index in [0.717, 1.165) is 11.3 Å². The van der Waals surface area contributed by atoms with E-state index >= 15 is 0 Å². The fourth-order valence-electron chi connectivity index (χ4n) is 2.55. The Hall–Kier alpha value is -3.28. The SMILES string of the molecule is C=C1Nc2cc(C(=O)NCc3ccc(OC)cc3)ccc2C(=O)N1C. The zero-order valence-corrected chi connectivity index (χ0v) is 14.1. The molecular formula is C19H19N3O3. The highest BCUT2D eigenvalue weighted by Gasteiger charge is 2.24. The summed E-state index contributed by atoms with van der Waals surface area (Å²) in [4.78, 5) is 26.0. The number of nitrogens with zero attached hydrogens (tertiary/aromatic N) is 1. The van der Waals surface area contributed by atoms with E-state index in [0.29, 0.717) is 29.2 Å². The van der Waals surface area contributed by atoms with Gasteiger partial charge in [0.15, 0.2) is 0 Å². The van der Waals surface area contributed by atoms with Crippen LogP contribution in [0.1, 0.15) is 26.3 Å². The van der Waals surface area contributed by atoms with Gasteiger partial charge in [-0.25, -0.2) is 0 Å². The number of fused-ring (bicyclic) bond motifs is 1. The molecular weight excluding hydrogens is 318 g/mol. The molecule has 25 heavy (non-hydrogen) atoms. The number of nitrogens with one attached hydrogen (secondary N) is 2. The highest BCUT2D eigenvalue weighted by Crippen LogP contribution is 2.26. The molecule has 0 fully saturated rings. The van der Waals surface area contributed by atoms with Gasteiger partial charge in [0.05, 0.1) is 18.4 Å². The van der Waals surface area contributed by atoms with Crippen molar-refractivity contribution in [2.75, 3.05) is 19.5 Å². The number of hydrogen-bond acceptors (Lipinski definition) is 4. The van der Waals surface area contributed by atoms with Gasteiger partial charge in [0.1, 0.15) is 11.6 Å². The third-order valence-electron chi connectivity index (χ3n) is 4.11. The smallest absolute Gasteiger partial charge is 0.261 e. The predicted molar refractivity (Wildman–Crippen MR) is 95.5 cm³/mol. The van der Waals surface area contributed by atoms with Crippen LogP contribution in [0.3, 0.4) is 0 Å². The van der Waals surface area contributed by atoms with Gasteiger partial charge in [-0.1, -0.05) is 18.7 Å². The van der Waals surface area contributed by atoms with Gasteiger partial charge in [0, 0.05) is 19.2 Å². The van der Waals surface area contributed by atoms with Crippen LogP contribution in [0, 0.1) is 0 Å². The average Bonchev–Trinajstić information content (AvgIpc) is 2.64. The fraction of sp³-hybridized carbons (Fsp3) is 0.158. The summed E-state index contributed by atoms with van der Waals surface area (Å²) in [6.45, 7) is 4.20. The first-order chi connectivity index (χ1) is 12.0. The van der Waals surface area contributed by atoms with Gasteiger partial charge in [-0.2, -0.15) is 0 Å². The Morgan fingerprint density at radius 3 is 2.64 bits per heavy atom. The zero-order valence-electron chi connectivity index (χ0n) is 14.1. The van der Waals surface area contributed by atoms with E-state index in [4.69, 9.17) is 4.74 Å². The lowest BCUT2D eigenvalue weighted by Gasteiger charge is -2.28. The molecule has 128 valence electrons. The van der Waals surface area contributed by atoms with Crippen molar-refractivity contribution in [3.05, 3.63) is 71.6 Å². The molecule has 0 unspecified atom stereocenters. The molecule has 0 atom stereocenters. The summed E-state index contributed by atoms with van der Waals surface area (Å²) in [5.74, 6) is 0.889. The number of hydrogen-bond donors (Lipinski definition) is 2. The summed E-state index contributed by atoms with van der Waals surface area (Å²) in [6, 6.07) is 12.4. The number of amides is 2. The van der Waals surface area contributed by atoms with Gasteiger partial charge in [0.25, 0.3) is 11.8 Å². The van der Waals surface area contributed by atoms with E-state index in [1.807, 2.05) is 24.3 Å². The van der Waals surface area contributed by atoms with Crippen molar-refractivity contribution < 1.29 is 14.3 Å². The molecule has 0 spiro atoms. The van der Waals surface area contributed by atoms with Crippen molar-refractivity contribution in [2.24, 2.45) is 0 Å². The molecule has 0 aliphatic carbocycles. The molecule has 0 radical (unpaired) electrons. The van der Waals surface area contributed by atoms with Crippen LogP contribution in [-0.4, -0.2) is 30.9 Å². The van der Waals surface area contributed by atoms with E-state index in [9.17, 15) is 9.59 Å². The largest absolute Gasteiger partial charge is 0.497 e. The Kier molecular flexibility index (Phi) is 4.43. The van der Waals surface area contributed by atoms with Crippen LogP contribution in [0.25, 0.3) is 0 Å². The predicted octanol–water partition coefficient (Wildman–Crippen LogP) is 2.59. The zero-order chi connectivity index (χ0) is 18.0. The summed E-state index contributed by atoms with van der Waals surface area (Å²) in [7, 11) is 3.26. The molecule has 2 N–H and O–H groups in total. The molecule has 0 bridgehead atoms. The molecule has 0 saturated carbocycles. The molecule has 2 aromatic rings. The van der Waals surface area contributed by atoms with E-state index in [1.165, 1.54) is 4.90 Å². The third-order valence-corrected chi connectivity index (χ3v) is 4.11. The summed E-state index contributed by atoms with van der Waals surface area (Å²) in [5, 5.41) is 5.90. The minimum atomic E-state index is -0.211. The van der Waals surface area contributed by atoms with Gasteiger partial charge >= 0.3 is 0 Å². The van der Waals surface area contributed by atoms with Crippen molar-refractivity contribution in [2.45, 2.75) is 6.54 Å². The average molecular weight is 337 g/mol. The monoisotopic (exact) mass is 337 g/mol. The minimum absolute atomic E-state index is 0.149. The van der Waals surface area contributed by atoms with Crippen molar-refractivity contribution in [3.63, 3.8) is 0 Å². The Balaban J connectivity index is 1.71. The fourth-order valence-corrected chi connectivity index (χ4v) is 2.55. The first-order valence-electron chi connectivity index (χ1n) is 7.79. The van der Waals surface area contributed by atoms with Crippen LogP contribution in [0.4, 0.5) is 5.69 Å². The normalized spacial score (nSPS) is 13.1. The summed E-state index contributed by atoms with van der Waals surface area (Å²) in [5.41, 5.74) is 2.55. The van der Waals surface area contributed by atoms with E-state index < -0.39 is 0 Å². The quantitative estimate of drug-likeness (QED) is 0.900. The number of methoxy groups -OCH3 is 1.